The van der Waals surface area contributed by atoms with Gasteiger partial charge in [0.1, 0.15) is 5.60 Å². The molecule has 0 spiro atoms. The van der Waals surface area contributed by atoms with Crippen LogP contribution >= 0.6 is 0 Å². The molecule has 2 aromatic rings. The van der Waals surface area contributed by atoms with Gasteiger partial charge >= 0.3 is 12.3 Å². The van der Waals surface area contributed by atoms with Crippen LogP contribution in [0.15, 0.2) is 24.8 Å². The largest absolute Gasteiger partial charge is 0.444 e. The van der Waals surface area contributed by atoms with Crippen LogP contribution in [0.3, 0.4) is 0 Å². The molecule has 0 radical (unpaired) electrons. The summed E-state index contributed by atoms with van der Waals surface area (Å²) in [5.41, 5.74) is 0.0427. The van der Waals surface area contributed by atoms with E-state index >= 15 is 0 Å². The van der Waals surface area contributed by atoms with Crippen LogP contribution in [-0.2, 0) is 10.9 Å². The predicted molar refractivity (Wildman–Crippen MR) is 90.0 cm³/mol. The Bertz CT molecular complexity index is 800. The number of imidazole rings is 1. The number of likely N-dealkylation sites (tertiary alicyclic amines) is 1. The van der Waals surface area contributed by atoms with Crippen molar-refractivity contribution < 1.29 is 22.7 Å². The number of hydrogen-bond acceptors (Lipinski definition) is 3. The fraction of sp³-hybridized carbons (Fsp3) is 0.556. The summed E-state index contributed by atoms with van der Waals surface area (Å²) in [7, 11) is 0. The zero-order valence-electron chi connectivity index (χ0n) is 15.0. The van der Waals surface area contributed by atoms with Crippen LogP contribution < -0.4 is 0 Å². The Kier molecular flexibility index (Phi) is 4.62. The van der Waals surface area contributed by atoms with Crippen molar-refractivity contribution in [1.82, 2.24) is 14.3 Å². The lowest BCUT2D eigenvalue weighted by molar-refractivity contribution is -0.137. The van der Waals surface area contributed by atoms with Gasteiger partial charge in [0.15, 0.2) is 0 Å². The van der Waals surface area contributed by atoms with E-state index in [4.69, 9.17) is 4.74 Å². The Morgan fingerprint density at radius 3 is 2.46 bits per heavy atom. The van der Waals surface area contributed by atoms with E-state index in [0.29, 0.717) is 37.0 Å². The van der Waals surface area contributed by atoms with Gasteiger partial charge in [-0.25, -0.2) is 9.78 Å². The van der Waals surface area contributed by atoms with Gasteiger partial charge in [0.2, 0.25) is 0 Å². The number of carbonyl (C=O) groups excluding carboxylic acids is 1. The van der Waals surface area contributed by atoms with Crippen LogP contribution in [0.1, 0.15) is 50.7 Å². The molecule has 26 heavy (non-hydrogen) atoms. The summed E-state index contributed by atoms with van der Waals surface area (Å²) in [5.74, 6) is -0.0600. The van der Waals surface area contributed by atoms with E-state index < -0.39 is 17.3 Å². The monoisotopic (exact) mass is 369 g/mol. The zero-order valence-corrected chi connectivity index (χ0v) is 15.0. The van der Waals surface area contributed by atoms with Gasteiger partial charge in [0, 0.05) is 19.3 Å². The first-order valence-corrected chi connectivity index (χ1v) is 8.55. The lowest BCUT2D eigenvalue weighted by atomic mass is 9.88. The number of piperidine rings is 1. The second-order valence-electron chi connectivity index (χ2n) is 7.61. The average Bonchev–Trinajstić information content (AvgIpc) is 3.00. The van der Waals surface area contributed by atoms with Crippen LogP contribution in [0.25, 0.3) is 5.52 Å². The SMILES string of the molecule is CC(C)(C)OC(=O)N1CCC(c2cc(C(F)(F)F)cn3cncc23)CC1. The maximum atomic E-state index is 13.2. The summed E-state index contributed by atoms with van der Waals surface area (Å²) in [6, 6.07) is 1.21. The molecule has 0 saturated carbocycles. The molecule has 1 saturated heterocycles. The molecule has 0 aliphatic carbocycles. The van der Waals surface area contributed by atoms with E-state index in [9.17, 15) is 18.0 Å². The van der Waals surface area contributed by atoms with Gasteiger partial charge < -0.3 is 14.0 Å². The number of hydrogen-bond donors (Lipinski definition) is 0. The number of rotatable bonds is 1. The third-order valence-corrected chi connectivity index (χ3v) is 4.46. The third kappa shape index (κ3) is 3.94. The lowest BCUT2D eigenvalue weighted by Crippen LogP contribution is -2.41. The number of ether oxygens (including phenoxy) is 1. The molecular formula is C18H22F3N3O2. The maximum absolute atomic E-state index is 13.2. The fourth-order valence-corrected chi connectivity index (χ4v) is 3.24. The fourth-order valence-electron chi connectivity index (χ4n) is 3.24. The second kappa shape index (κ2) is 6.48. The van der Waals surface area contributed by atoms with Crippen molar-refractivity contribution in [3.05, 3.63) is 35.9 Å². The molecule has 3 rings (SSSR count). The summed E-state index contributed by atoms with van der Waals surface area (Å²) < 4.78 is 46.4. The molecule has 8 heteroatoms. The molecule has 2 aromatic heterocycles. The average molecular weight is 369 g/mol. The first-order chi connectivity index (χ1) is 12.0. The Morgan fingerprint density at radius 2 is 1.88 bits per heavy atom. The van der Waals surface area contributed by atoms with Gasteiger partial charge in [-0.05, 0) is 51.2 Å². The van der Waals surface area contributed by atoms with E-state index in [2.05, 4.69) is 4.98 Å². The van der Waals surface area contributed by atoms with Gasteiger partial charge in [-0.3, -0.25) is 0 Å². The Balaban J connectivity index is 1.79. The topological polar surface area (TPSA) is 46.8 Å². The number of amides is 1. The highest BCUT2D eigenvalue weighted by Crippen LogP contribution is 2.36. The molecule has 0 aromatic carbocycles. The summed E-state index contributed by atoms with van der Waals surface area (Å²) in [5, 5.41) is 0. The molecule has 1 aliphatic heterocycles. The van der Waals surface area contributed by atoms with E-state index in [1.54, 1.807) is 31.9 Å². The molecular weight excluding hydrogens is 347 g/mol. The van der Waals surface area contributed by atoms with Crippen molar-refractivity contribution in [2.75, 3.05) is 13.1 Å². The van der Waals surface area contributed by atoms with Gasteiger partial charge in [-0.15, -0.1) is 0 Å². The normalized spacial score (nSPS) is 16.9. The van der Waals surface area contributed by atoms with E-state index in [0.717, 1.165) is 6.20 Å². The standard InChI is InChI=1S/C18H22F3N3O2/c1-17(2,3)26-16(25)23-6-4-12(5-7-23)14-8-13(18(19,20)21)10-24-11-22-9-15(14)24/h8-12H,4-7H2,1-3H3. The molecule has 142 valence electrons. The van der Waals surface area contributed by atoms with E-state index in [-0.39, 0.29) is 12.0 Å². The Labute approximate surface area is 149 Å². The number of carbonyl (C=O) groups is 1. The van der Waals surface area contributed by atoms with E-state index in [1.807, 2.05) is 0 Å². The highest BCUT2D eigenvalue weighted by molar-refractivity contribution is 5.68. The predicted octanol–water partition coefficient (Wildman–Crippen LogP) is 4.47. The van der Waals surface area contributed by atoms with Crippen molar-refractivity contribution in [3.63, 3.8) is 0 Å². The minimum atomic E-state index is -4.41. The molecule has 1 amide bonds. The Morgan fingerprint density at radius 1 is 1.23 bits per heavy atom. The molecule has 3 heterocycles. The first-order valence-electron chi connectivity index (χ1n) is 8.55. The summed E-state index contributed by atoms with van der Waals surface area (Å²) in [6.07, 6.45) is 0.392. The summed E-state index contributed by atoms with van der Waals surface area (Å²) in [4.78, 5) is 17.7. The molecule has 0 unspecified atom stereocenters. The second-order valence-corrected chi connectivity index (χ2v) is 7.61. The Hall–Kier alpha value is -2.25. The van der Waals surface area contributed by atoms with Crippen molar-refractivity contribution in [3.8, 4) is 0 Å². The van der Waals surface area contributed by atoms with Gasteiger partial charge in [0.05, 0.1) is 23.6 Å². The number of nitrogens with zero attached hydrogens (tertiary/aromatic N) is 3. The molecule has 0 atom stereocenters. The highest BCUT2D eigenvalue weighted by atomic mass is 19.4. The molecule has 1 fully saturated rings. The van der Waals surface area contributed by atoms with Gasteiger partial charge in [0.25, 0.3) is 0 Å². The zero-order chi connectivity index (χ0) is 19.1. The number of halogens is 3. The minimum absolute atomic E-state index is 0.0600. The third-order valence-electron chi connectivity index (χ3n) is 4.46. The summed E-state index contributed by atoms with van der Waals surface area (Å²) >= 11 is 0. The lowest BCUT2D eigenvalue weighted by Gasteiger charge is -2.34. The van der Waals surface area contributed by atoms with Gasteiger partial charge in [-0.2, -0.15) is 13.2 Å². The van der Waals surface area contributed by atoms with Crippen LogP contribution in [0.4, 0.5) is 18.0 Å². The molecule has 0 N–H and O–H groups in total. The smallest absolute Gasteiger partial charge is 0.417 e. The minimum Gasteiger partial charge on any atom is -0.444 e. The van der Waals surface area contributed by atoms with Crippen molar-refractivity contribution in [1.29, 1.82) is 0 Å². The molecule has 0 bridgehead atoms. The number of alkyl halides is 3. The molecule has 5 nitrogen and oxygen atoms in total. The molecule has 1 aliphatic rings. The van der Waals surface area contributed by atoms with Crippen molar-refractivity contribution >= 4 is 11.6 Å². The quantitative estimate of drug-likeness (QED) is 0.745. The first kappa shape index (κ1) is 18.5. The van der Waals surface area contributed by atoms with Crippen LogP contribution in [0.5, 0.6) is 0 Å². The van der Waals surface area contributed by atoms with Crippen LogP contribution in [0, 0.1) is 0 Å². The van der Waals surface area contributed by atoms with Crippen molar-refractivity contribution in [2.24, 2.45) is 0 Å². The van der Waals surface area contributed by atoms with Gasteiger partial charge in [-0.1, -0.05) is 0 Å². The number of aromatic nitrogens is 2. The maximum Gasteiger partial charge on any atom is 0.417 e. The summed E-state index contributed by atoms with van der Waals surface area (Å²) in [6.45, 7) is 6.32. The van der Waals surface area contributed by atoms with E-state index in [1.165, 1.54) is 16.8 Å². The van der Waals surface area contributed by atoms with Crippen LogP contribution in [0.2, 0.25) is 0 Å². The van der Waals surface area contributed by atoms with Crippen LogP contribution in [-0.4, -0.2) is 39.1 Å². The number of fused-ring (bicyclic) bond motifs is 1. The highest BCUT2D eigenvalue weighted by Gasteiger charge is 2.34. The van der Waals surface area contributed by atoms with Crippen molar-refractivity contribution in [2.45, 2.75) is 51.3 Å². The number of pyridine rings is 1.